The lowest BCUT2D eigenvalue weighted by Crippen LogP contribution is -1.95. The number of rotatable bonds is 6. The van der Waals surface area contributed by atoms with E-state index < -0.39 is 5.97 Å². The molecular formula is C17H16O3. The van der Waals surface area contributed by atoms with Crippen molar-refractivity contribution in [1.29, 1.82) is 0 Å². The fraction of sp³-hybridized carbons (Fsp3) is 0.118. The van der Waals surface area contributed by atoms with Crippen molar-refractivity contribution in [2.75, 3.05) is 0 Å². The van der Waals surface area contributed by atoms with Gasteiger partial charge in [-0.15, -0.1) is 0 Å². The Morgan fingerprint density at radius 2 is 1.70 bits per heavy atom. The number of carboxylic acids is 1. The maximum absolute atomic E-state index is 10.4. The first-order chi connectivity index (χ1) is 9.74. The van der Waals surface area contributed by atoms with Crippen molar-refractivity contribution in [1.82, 2.24) is 0 Å². The average molecular weight is 268 g/mol. The lowest BCUT2D eigenvalue weighted by atomic mass is 10.1. The zero-order valence-corrected chi connectivity index (χ0v) is 11.0. The lowest BCUT2D eigenvalue weighted by Gasteiger charge is -2.06. The van der Waals surface area contributed by atoms with Crippen LogP contribution in [0.3, 0.4) is 0 Å². The number of benzene rings is 2. The predicted molar refractivity (Wildman–Crippen MR) is 77.7 cm³/mol. The molecular weight excluding hydrogens is 252 g/mol. The van der Waals surface area contributed by atoms with Gasteiger partial charge in [0.15, 0.2) is 0 Å². The summed E-state index contributed by atoms with van der Waals surface area (Å²) in [6, 6.07) is 17.6. The molecule has 0 saturated carbocycles. The van der Waals surface area contributed by atoms with Gasteiger partial charge in [-0.25, -0.2) is 4.79 Å². The molecule has 0 aliphatic rings. The predicted octanol–water partition coefficient (Wildman–Crippen LogP) is 3.45. The number of hydrogen-bond acceptors (Lipinski definition) is 2. The van der Waals surface area contributed by atoms with Gasteiger partial charge in [-0.2, -0.15) is 0 Å². The number of ether oxygens (including phenoxy) is 1. The van der Waals surface area contributed by atoms with Crippen LogP contribution in [0, 0.1) is 0 Å². The number of carboxylic acid groups (broad SMARTS) is 1. The summed E-state index contributed by atoms with van der Waals surface area (Å²) in [6.07, 6.45) is 3.38. The van der Waals surface area contributed by atoms with Gasteiger partial charge in [0.25, 0.3) is 0 Å². The van der Waals surface area contributed by atoms with Gasteiger partial charge in [0, 0.05) is 6.08 Å². The number of carbonyl (C=O) groups is 1. The molecule has 0 amide bonds. The lowest BCUT2D eigenvalue weighted by molar-refractivity contribution is -0.131. The molecule has 0 unspecified atom stereocenters. The van der Waals surface area contributed by atoms with Crippen LogP contribution in [0.5, 0.6) is 5.75 Å². The van der Waals surface area contributed by atoms with Crippen LogP contribution in [0.2, 0.25) is 0 Å². The van der Waals surface area contributed by atoms with E-state index in [0.29, 0.717) is 13.0 Å². The van der Waals surface area contributed by atoms with E-state index in [9.17, 15) is 4.79 Å². The third kappa shape index (κ3) is 4.61. The molecule has 0 bridgehead atoms. The fourth-order valence-electron chi connectivity index (χ4n) is 1.76. The smallest absolute Gasteiger partial charge is 0.327 e. The second-order valence-corrected chi connectivity index (χ2v) is 4.36. The van der Waals surface area contributed by atoms with Gasteiger partial charge >= 0.3 is 5.97 Å². The summed E-state index contributed by atoms with van der Waals surface area (Å²) in [5.41, 5.74) is 2.18. The first kappa shape index (κ1) is 13.9. The highest BCUT2D eigenvalue weighted by Crippen LogP contribution is 2.14. The molecule has 0 saturated heterocycles. The Bertz CT molecular complexity index is 571. The minimum Gasteiger partial charge on any atom is -0.489 e. The first-order valence-corrected chi connectivity index (χ1v) is 6.39. The molecule has 0 heterocycles. The summed E-state index contributed by atoms with van der Waals surface area (Å²) in [7, 11) is 0. The number of allylic oxidation sites excluding steroid dienone is 1. The van der Waals surface area contributed by atoms with E-state index in [1.807, 2.05) is 54.6 Å². The van der Waals surface area contributed by atoms with Gasteiger partial charge in [0.1, 0.15) is 12.4 Å². The summed E-state index contributed by atoms with van der Waals surface area (Å²) in [5.74, 6) is -0.118. The monoisotopic (exact) mass is 268 g/mol. The van der Waals surface area contributed by atoms with Crippen LogP contribution in [-0.2, 0) is 17.8 Å². The normalized spacial score (nSPS) is 10.6. The topological polar surface area (TPSA) is 46.5 Å². The molecule has 102 valence electrons. The zero-order valence-electron chi connectivity index (χ0n) is 11.0. The van der Waals surface area contributed by atoms with Crippen LogP contribution >= 0.6 is 0 Å². The molecule has 0 aliphatic heterocycles. The summed E-state index contributed by atoms with van der Waals surface area (Å²) < 4.78 is 5.68. The Kier molecular flexibility index (Phi) is 4.95. The molecule has 0 radical (unpaired) electrons. The van der Waals surface area contributed by atoms with Crippen molar-refractivity contribution in [3.05, 3.63) is 77.9 Å². The molecule has 1 N–H and O–H groups in total. The zero-order chi connectivity index (χ0) is 14.2. The molecule has 20 heavy (non-hydrogen) atoms. The number of hydrogen-bond donors (Lipinski definition) is 1. The van der Waals surface area contributed by atoms with Crippen molar-refractivity contribution in [3.63, 3.8) is 0 Å². The third-order valence-electron chi connectivity index (χ3n) is 2.79. The van der Waals surface area contributed by atoms with Gasteiger partial charge in [0.2, 0.25) is 0 Å². The van der Waals surface area contributed by atoms with Crippen molar-refractivity contribution < 1.29 is 14.6 Å². The van der Waals surface area contributed by atoms with Crippen LogP contribution in [0.25, 0.3) is 0 Å². The molecule has 3 heteroatoms. The Morgan fingerprint density at radius 1 is 1.00 bits per heavy atom. The highest BCUT2D eigenvalue weighted by Gasteiger charge is 1.96. The van der Waals surface area contributed by atoms with Gasteiger partial charge in [-0.3, -0.25) is 0 Å². The minimum absolute atomic E-state index is 0.541. The van der Waals surface area contributed by atoms with E-state index in [1.54, 1.807) is 6.08 Å². The summed E-state index contributed by atoms with van der Waals surface area (Å²) >= 11 is 0. The molecule has 0 spiro atoms. The van der Waals surface area contributed by atoms with Crippen LogP contribution in [-0.4, -0.2) is 11.1 Å². The minimum atomic E-state index is -0.923. The molecule has 2 aromatic carbocycles. The molecule has 0 aromatic heterocycles. The van der Waals surface area contributed by atoms with Crippen LogP contribution in [0.1, 0.15) is 11.1 Å². The third-order valence-corrected chi connectivity index (χ3v) is 2.79. The van der Waals surface area contributed by atoms with Gasteiger partial charge in [0.05, 0.1) is 0 Å². The Balaban J connectivity index is 1.87. The molecule has 3 nitrogen and oxygen atoms in total. The van der Waals surface area contributed by atoms with Crippen LogP contribution < -0.4 is 4.74 Å². The molecule has 0 fully saturated rings. The molecule has 0 atom stereocenters. The highest BCUT2D eigenvalue weighted by molar-refractivity contribution is 5.79. The summed E-state index contributed by atoms with van der Waals surface area (Å²) in [5, 5.41) is 8.51. The van der Waals surface area contributed by atoms with E-state index in [-0.39, 0.29) is 0 Å². The maximum Gasteiger partial charge on any atom is 0.327 e. The quantitative estimate of drug-likeness (QED) is 0.816. The Hall–Kier alpha value is -2.55. The molecule has 2 rings (SSSR count). The van der Waals surface area contributed by atoms with Crippen molar-refractivity contribution >= 4 is 5.97 Å². The second-order valence-electron chi connectivity index (χ2n) is 4.36. The van der Waals surface area contributed by atoms with E-state index in [1.165, 1.54) is 0 Å². The van der Waals surface area contributed by atoms with E-state index in [0.717, 1.165) is 23.0 Å². The van der Waals surface area contributed by atoms with Gasteiger partial charge in [-0.05, 0) is 29.7 Å². The maximum atomic E-state index is 10.4. The first-order valence-electron chi connectivity index (χ1n) is 6.39. The van der Waals surface area contributed by atoms with Crippen LogP contribution in [0.4, 0.5) is 0 Å². The Morgan fingerprint density at radius 3 is 2.35 bits per heavy atom. The van der Waals surface area contributed by atoms with Crippen molar-refractivity contribution in [2.45, 2.75) is 13.0 Å². The second kappa shape index (κ2) is 7.14. The number of aliphatic carboxylic acids is 1. The SMILES string of the molecule is O=C(O)C=CCc1ccc(OCc2ccccc2)cc1. The summed E-state index contributed by atoms with van der Waals surface area (Å²) in [4.78, 5) is 10.4. The summed E-state index contributed by atoms with van der Waals surface area (Å²) in [6.45, 7) is 0.541. The fourth-order valence-corrected chi connectivity index (χ4v) is 1.76. The van der Waals surface area contributed by atoms with Gasteiger partial charge in [-0.1, -0.05) is 48.5 Å². The van der Waals surface area contributed by atoms with E-state index >= 15 is 0 Å². The van der Waals surface area contributed by atoms with Crippen molar-refractivity contribution in [2.24, 2.45) is 0 Å². The largest absolute Gasteiger partial charge is 0.489 e. The van der Waals surface area contributed by atoms with E-state index in [4.69, 9.17) is 9.84 Å². The molecule has 2 aromatic rings. The average Bonchev–Trinajstić information content (AvgIpc) is 2.47. The molecule has 0 aliphatic carbocycles. The van der Waals surface area contributed by atoms with E-state index in [2.05, 4.69) is 0 Å². The van der Waals surface area contributed by atoms with Gasteiger partial charge < -0.3 is 9.84 Å². The van der Waals surface area contributed by atoms with Crippen molar-refractivity contribution in [3.8, 4) is 5.75 Å². The van der Waals surface area contributed by atoms with Crippen LogP contribution in [0.15, 0.2) is 66.7 Å². The standard InChI is InChI=1S/C17H16O3/c18-17(19)8-4-7-14-9-11-16(12-10-14)20-13-15-5-2-1-3-6-15/h1-6,8-12H,7,13H2,(H,18,19). The highest BCUT2D eigenvalue weighted by atomic mass is 16.5. The Labute approximate surface area is 118 Å².